The Labute approximate surface area is 161 Å². The van der Waals surface area contributed by atoms with E-state index in [0.29, 0.717) is 24.2 Å². The summed E-state index contributed by atoms with van der Waals surface area (Å²) in [5, 5.41) is 0. The van der Waals surface area contributed by atoms with Crippen LogP contribution in [0, 0.1) is 0 Å². The molecule has 0 aromatic heterocycles. The zero-order valence-corrected chi connectivity index (χ0v) is 15.5. The number of ketones is 1. The van der Waals surface area contributed by atoms with E-state index < -0.39 is 16.9 Å². The molecule has 27 heavy (non-hydrogen) atoms. The third-order valence-electron chi connectivity index (χ3n) is 5.07. The van der Waals surface area contributed by atoms with Gasteiger partial charge in [-0.2, -0.15) is 0 Å². The molecule has 5 nitrogen and oxygen atoms in total. The fourth-order valence-corrected chi connectivity index (χ4v) is 5.39. The Morgan fingerprint density at radius 2 is 1.74 bits per heavy atom. The van der Waals surface area contributed by atoms with Crippen molar-refractivity contribution in [2.75, 3.05) is 12.4 Å². The number of thioether (sulfide) groups is 1. The first kappa shape index (κ1) is 17.8. The van der Waals surface area contributed by atoms with Crippen LogP contribution in [0.5, 0.6) is 0 Å². The molecule has 2 aromatic carbocycles. The van der Waals surface area contributed by atoms with Gasteiger partial charge in [-0.15, -0.1) is 11.8 Å². The van der Waals surface area contributed by atoms with Gasteiger partial charge in [-0.1, -0.05) is 60.7 Å². The van der Waals surface area contributed by atoms with Crippen LogP contribution >= 0.6 is 11.8 Å². The molecule has 2 saturated heterocycles. The van der Waals surface area contributed by atoms with Crippen LogP contribution in [0.25, 0.3) is 0 Å². The van der Waals surface area contributed by atoms with E-state index in [0.717, 1.165) is 5.56 Å². The maximum absolute atomic E-state index is 12.7. The molecule has 0 unspecified atom stereocenters. The molecule has 0 spiro atoms. The summed E-state index contributed by atoms with van der Waals surface area (Å²) in [7, 11) is 0. The van der Waals surface area contributed by atoms with Gasteiger partial charge < -0.3 is 9.64 Å². The molecule has 2 aromatic rings. The Hall–Kier alpha value is -2.60. The summed E-state index contributed by atoms with van der Waals surface area (Å²) in [6.45, 7) is -0.315. The quantitative estimate of drug-likeness (QED) is 0.588. The van der Waals surface area contributed by atoms with Crippen LogP contribution in [0.4, 0.5) is 0 Å². The van der Waals surface area contributed by atoms with Gasteiger partial charge in [0.05, 0.1) is 0 Å². The predicted molar refractivity (Wildman–Crippen MR) is 102 cm³/mol. The zero-order chi connectivity index (χ0) is 18.9. The van der Waals surface area contributed by atoms with E-state index in [2.05, 4.69) is 0 Å². The average Bonchev–Trinajstić information content (AvgIpc) is 3.26. The van der Waals surface area contributed by atoms with Crippen molar-refractivity contribution in [3.63, 3.8) is 0 Å². The summed E-state index contributed by atoms with van der Waals surface area (Å²) >= 11 is 1.60. The number of benzene rings is 2. The normalized spacial score (nSPS) is 23.9. The van der Waals surface area contributed by atoms with Gasteiger partial charge in [0.2, 0.25) is 5.91 Å². The minimum absolute atomic E-state index is 0.0415. The fourth-order valence-electron chi connectivity index (χ4n) is 3.76. The van der Waals surface area contributed by atoms with Crippen molar-refractivity contribution in [3.05, 3.63) is 71.8 Å². The summed E-state index contributed by atoms with van der Waals surface area (Å²) < 4.78 is 5.28. The molecule has 4 rings (SSSR count). The smallest absolute Gasteiger partial charge is 0.330 e. The lowest BCUT2D eigenvalue weighted by molar-refractivity contribution is -0.152. The first-order valence-corrected chi connectivity index (χ1v) is 9.87. The standard InChI is InChI=1S/C21H19NO4S/c23-18(15-7-3-1-4-8-15)13-26-20(25)17-14-27-21(12-11-19(24)22(17)21)16-9-5-2-6-10-16/h1-10,17H,11-14H2/t17-,21-/m1/s1. The molecule has 6 heteroatoms. The molecule has 2 aliphatic heterocycles. The molecule has 2 heterocycles. The second-order valence-corrected chi connectivity index (χ2v) is 7.94. The van der Waals surface area contributed by atoms with Gasteiger partial charge in [0.1, 0.15) is 10.9 Å². The molecule has 138 valence electrons. The highest BCUT2D eigenvalue weighted by Crippen LogP contribution is 2.54. The van der Waals surface area contributed by atoms with E-state index in [1.54, 1.807) is 40.9 Å². The van der Waals surface area contributed by atoms with E-state index in [1.807, 2.05) is 36.4 Å². The highest BCUT2D eigenvalue weighted by Gasteiger charge is 2.57. The second-order valence-electron chi connectivity index (χ2n) is 6.64. The van der Waals surface area contributed by atoms with Crippen molar-refractivity contribution >= 4 is 29.4 Å². The van der Waals surface area contributed by atoms with Crippen molar-refractivity contribution in [2.24, 2.45) is 0 Å². The van der Waals surface area contributed by atoms with E-state index in [-0.39, 0.29) is 18.3 Å². The van der Waals surface area contributed by atoms with Crippen LogP contribution in [0.15, 0.2) is 60.7 Å². The van der Waals surface area contributed by atoms with Gasteiger partial charge >= 0.3 is 5.97 Å². The van der Waals surface area contributed by atoms with Gasteiger partial charge in [0, 0.05) is 17.7 Å². The van der Waals surface area contributed by atoms with Crippen LogP contribution in [0.1, 0.15) is 28.8 Å². The van der Waals surface area contributed by atoms with Gasteiger partial charge in [0.25, 0.3) is 0 Å². The van der Waals surface area contributed by atoms with E-state index >= 15 is 0 Å². The Balaban J connectivity index is 1.49. The number of nitrogens with zero attached hydrogens (tertiary/aromatic N) is 1. The lowest BCUT2D eigenvalue weighted by Crippen LogP contribution is -2.47. The molecule has 0 bridgehead atoms. The number of ether oxygens (including phenoxy) is 1. The third kappa shape index (κ3) is 3.14. The monoisotopic (exact) mass is 381 g/mol. The Morgan fingerprint density at radius 3 is 2.44 bits per heavy atom. The van der Waals surface area contributed by atoms with Gasteiger partial charge in [-0.25, -0.2) is 4.79 Å². The minimum Gasteiger partial charge on any atom is -0.456 e. The molecule has 0 radical (unpaired) electrons. The number of carbonyl (C=O) groups is 3. The Bertz CT molecular complexity index is 870. The summed E-state index contributed by atoms with van der Waals surface area (Å²) in [6, 6.07) is 17.9. The van der Waals surface area contributed by atoms with Gasteiger partial charge in [-0.3, -0.25) is 9.59 Å². The summed E-state index contributed by atoms with van der Waals surface area (Å²) in [5.41, 5.74) is 1.53. The van der Waals surface area contributed by atoms with Crippen LogP contribution in [-0.4, -0.2) is 41.0 Å². The number of amides is 1. The summed E-state index contributed by atoms with van der Waals surface area (Å²) in [4.78, 5) is 38.5. The number of Topliss-reactive ketones (excluding diaryl/α,β-unsaturated/α-hetero) is 1. The predicted octanol–water partition coefficient (Wildman–Crippen LogP) is 3.00. The Kier molecular flexibility index (Phi) is 4.74. The van der Waals surface area contributed by atoms with E-state index in [4.69, 9.17) is 4.74 Å². The molecule has 0 N–H and O–H groups in total. The summed E-state index contributed by atoms with van der Waals surface area (Å²) in [5.74, 6) is -0.337. The number of esters is 1. The first-order valence-electron chi connectivity index (χ1n) is 8.88. The molecule has 0 saturated carbocycles. The van der Waals surface area contributed by atoms with Crippen LogP contribution < -0.4 is 0 Å². The number of carbonyl (C=O) groups excluding carboxylic acids is 3. The number of fused-ring (bicyclic) bond motifs is 1. The Morgan fingerprint density at radius 1 is 1.07 bits per heavy atom. The number of hydrogen-bond donors (Lipinski definition) is 0. The first-order chi connectivity index (χ1) is 13.1. The highest BCUT2D eigenvalue weighted by molar-refractivity contribution is 8.00. The maximum Gasteiger partial charge on any atom is 0.330 e. The van der Waals surface area contributed by atoms with Crippen LogP contribution in [0.2, 0.25) is 0 Å². The molecular formula is C21H19NO4S. The van der Waals surface area contributed by atoms with E-state index in [1.165, 1.54) is 0 Å². The molecule has 2 aliphatic rings. The number of hydrogen-bond acceptors (Lipinski definition) is 5. The average molecular weight is 381 g/mol. The van der Waals surface area contributed by atoms with Crippen LogP contribution in [0.3, 0.4) is 0 Å². The molecular weight excluding hydrogens is 362 g/mol. The van der Waals surface area contributed by atoms with E-state index in [9.17, 15) is 14.4 Å². The number of rotatable bonds is 5. The summed E-state index contributed by atoms with van der Waals surface area (Å²) in [6.07, 6.45) is 1.09. The third-order valence-corrected chi connectivity index (χ3v) is 6.66. The van der Waals surface area contributed by atoms with Gasteiger partial charge in [-0.05, 0) is 12.0 Å². The molecule has 0 aliphatic carbocycles. The van der Waals surface area contributed by atoms with Crippen molar-refractivity contribution in [3.8, 4) is 0 Å². The van der Waals surface area contributed by atoms with Gasteiger partial charge in [0.15, 0.2) is 12.4 Å². The SMILES string of the molecule is O=C(COC(=O)[C@H]1CS[C@@]2(c3ccccc3)CCC(=O)N12)c1ccccc1. The maximum atomic E-state index is 12.7. The molecule has 2 fully saturated rings. The largest absolute Gasteiger partial charge is 0.456 e. The minimum atomic E-state index is -0.659. The zero-order valence-electron chi connectivity index (χ0n) is 14.7. The topological polar surface area (TPSA) is 63.7 Å². The van der Waals surface area contributed by atoms with Crippen molar-refractivity contribution < 1.29 is 19.1 Å². The lowest BCUT2D eigenvalue weighted by Gasteiger charge is -2.33. The van der Waals surface area contributed by atoms with Crippen molar-refractivity contribution in [1.29, 1.82) is 0 Å². The van der Waals surface area contributed by atoms with Crippen LogP contribution in [-0.2, 0) is 19.2 Å². The van der Waals surface area contributed by atoms with Crippen molar-refractivity contribution in [2.45, 2.75) is 23.8 Å². The fraction of sp³-hybridized carbons (Fsp3) is 0.286. The lowest BCUT2D eigenvalue weighted by atomic mass is 10.0. The van der Waals surface area contributed by atoms with Crippen molar-refractivity contribution in [1.82, 2.24) is 4.90 Å². The highest BCUT2D eigenvalue weighted by atomic mass is 32.2. The molecule has 1 amide bonds. The second kappa shape index (κ2) is 7.19. The molecule has 2 atom stereocenters.